The molecule has 7 heteroatoms. The van der Waals surface area contributed by atoms with Gasteiger partial charge in [-0.3, -0.25) is 0 Å². The third kappa shape index (κ3) is 3.93. The number of aromatic nitrogens is 3. The van der Waals surface area contributed by atoms with E-state index >= 15 is 0 Å². The van der Waals surface area contributed by atoms with Crippen LogP contribution >= 0.6 is 0 Å². The van der Waals surface area contributed by atoms with E-state index in [-0.39, 0.29) is 12.0 Å². The van der Waals surface area contributed by atoms with Crippen molar-refractivity contribution in [3.63, 3.8) is 0 Å². The molecule has 0 aromatic carbocycles. The van der Waals surface area contributed by atoms with Gasteiger partial charge in [0.15, 0.2) is 0 Å². The number of likely N-dealkylation sites (N-methyl/N-ethyl adjacent to an activating group) is 1. The van der Waals surface area contributed by atoms with Crippen LogP contribution in [0.15, 0.2) is 0 Å². The molecule has 0 aliphatic rings. The fourth-order valence-corrected chi connectivity index (χ4v) is 2.13. The van der Waals surface area contributed by atoms with Crippen molar-refractivity contribution in [2.75, 3.05) is 48.9 Å². The molecule has 1 rings (SSSR count). The maximum Gasteiger partial charge on any atom is 0.232 e. The second-order valence-electron chi connectivity index (χ2n) is 4.56. The first-order chi connectivity index (χ1) is 9.57. The topological polar surface area (TPSA) is 80.4 Å². The molecule has 7 nitrogen and oxygen atoms in total. The maximum atomic E-state index is 5.83. The average molecular weight is 282 g/mol. The Morgan fingerprint density at radius 3 is 2.15 bits per heavy atom. The minimum atomic E-state index is 0.177. The summed E-state index contributed by atoms with van der Waals surface area (Å²) in [5.41, 5.74) is 5.83. The molecule has 1 atom stereocenters. The predicted octanol–water partition coefficient (Wildman–Crippen LogP) is 1.16. The predicted molar refractivity (Wildman–Crippen MR) is 82.2 cm³/mol. The van der Waals surface area contributed by atoms with Crippen LogP contribution in [0.5, 0.6) is 0 Å². The van der Waals surface area contributed by atoms with E-state index in [4.69, 9.17) is 10.5 Å². The largest absolute Gasteiger partial charge is 0.383 e. The zero-order chi connectivity index (χ0) is 15.1. The molecule has 0 aliphatic heterocycles. The highest BCUT2D eigenvalue weighted by molar-refractivity contribution is 5.44. The lowest BCUT2D eigenvalue weighted by atomic mass is 10.3. The van der Waals surface area contributed by atoms with Crippen molar-refractivity contribution in [1.82, 2.24) is 15.0 Å². The first-order valence-corrected chi connectivity index (χ1v) is 7.09. The molecule has 1 aromatic rings. The lowest BCUT2D eigenvalue weighted by Gasteiger charge is -2.28. The molecule has 2 N–H and O–H groups in total. The number of nitrogens with zero attached hydrogens (tertiary/aromatic N) is 5. The van der Waals surface area contributed by atoms with Crippen LogP contribution in [0.2, 0.25) is 0 Å². The number of hydrogen-bond acceptors (Lipinski definition) is 7. The summed E-state index contributed by atoms with van der Waals surface area (Å²) in [5, 5.41) is 0. The molecule has 0 saturated heterocycles. The van der Waals surface area contributed by atoms with E-state index in [0.29, 0.717) is 18.5 Å². The van der Waals surface area contributed by atoms with E-state index in [1.165, 1.54) is 0 Å². The van der Waals surface area contributed by atoms with Crippen molar-refractivity contribution in [3.05, 3.63) is 0 Å². The molecular weight excluding hydrogens is 256 g/mol. The summed E-state index contributed by atoms with van der Waals surface area (Å²) in [6.07, 6.45) is 0. The quantitative estimate of drug-likeness (QED) is 0.766. The van der Waals surface area contributed by atoms with Crippen LogP contribution in [0.25, 0.3) is 0 Å². The van der Waals surface area contributed by atoms with Gasteiger partial charge in [-0.1, -0.05) is 0 Å². The Labute approximate surface area is 121 Å². The van der Waals surface area contributed by atoms with Gasteiger partial charge in [0.1, 0.15) is 0 Å². The van der Waals surface area contributed by atoms with E-state index in [0.717, 1.165) is 19.6 Å². The molecule has 0 radical (unpaired) electrons. The van der Waals surface area contributed by atoms with Crippen molar-refractivity contribution in [1.29, 1.82) is 0 Å². The van der Waals surface area contributed by atoms with Gasteiger partial charge in [0.2, 0.25) is 17.8 Å². The first kappa shape index (κ1) is 16.4. The second-order valence-corrected chi connectivity index (χ2v) is 4.56. The van der Waals surface area contributed by atoms with Gasteiger partial charge in [-0.15, -0.1) is 0 Å². The van der Waals surface area contributed by atoms with Crippen LogP contribution in [0.3, 0.4) is 0 Å². The third-order valence-corrected chi connectivity index (χ3v) is 3.21. The molecule has 0 aliphatic carbocycles. The molecule has 114 valence electrons. The molecule has 0 amide bonds. The SMILES string of the molecule is CCN(CC)c1nc(N)nc(N(CC)C(C)COC)n1. The van der Waals surface area contributed by atoms with Gasteiger partial charge >= 0.3 is 0 Å². The van der Waals surface area contributed by atoms with Crippen LogP contribution in [0.1, 0.15) is 27.7 Å². The lowest BCUT2D eigenvalue weighted by Crippen LogP contribution is -2.38. The van der Waals surface area contributed by atoms with Crippen molar-refractivity contribution in [3.8, 4) is 0 Å². The number of ether oxygens (including phenoxy) is 1. The molecule has 0 bridgehead atoms. The van der Waals surface area contributed by atoms with Gasteiger partial charge in [-0.25, -0.2) is 0 Å². The lowest BCUT2D eigenvalue weighted by molar-refractivity contribution is 0.181. The summed E-state index contributed by atoms with van der Waals surface area (Å²) in [4.78, 5) is 17.1. The highest BCUT2D eigenvalue weighted by Gasteiger charge is 2.18. The fraction of sp³-hybridized carbons (Fsp3) is 0.769. The number of anilines is 3. The monoisotopic (exact) mass is 282 g/mol. The Balaban J connectivity index is 3.09. The van der Waals surface area contributed by atoms with Crippen LogP contribution in [0.4, 0.5) is 17.8 Å². The number of methoxy groups -OCH3 is 1. The van der Waals surface area contributed by atoms with Crippen LogP contribution in [0, 0.1) is 0 Å². The Hall–Kier alpha value is -1.63. The minimum Gasteiger partial charge on any atom is -0.383 e. The molecule has 1 unspecified atom stereocenters. The van der Waals surface area contributed by atoms with Gasteiger partial charge in [0, 0.05) is 26.7 Å². The van der Waals surface area contributed by atoms with Gasteiger partial charge in [-0.2, -0.15) is 15.0 Å². The third-order valence-electron chi connectivity index (χ3n) is 3.21. The molecule has 20 heavy (non-hydrogen) atoms. The normalized spacial score (nSPS) is 12.2. The molecule has 0 fully saturated rings. The van der Waals surface area contributed by atoms with Crippen molar-refractivity contribution < 1.29 is 4.74 Å². The maximum absolute atomic E-state index is 5.83. The van der Waals surface area contributed by atoms with Gasteiger partial charge in [0.05, 0.1) is 12.6 Å². The van der Waals surface area contributed by atoms with Gasteiger partial charge < -0.3 is 20.3 Å². The van der Waals surface area contributed by atoms with Crippen molar-refractivity contribution in [2.24, 2.45) is 0 Å². The van der Waals surface area contributed by atoms with Gasteiger partial charge in [-0.05, 0) is 27.7 Å². The summed E-state index contributed by atoms with van der Waals surface area (Å²) in [5.74, 6) is 1.48. The molecule has 1 aromatic heterocycles. The van der Waals surface area contributed by atoms with Gasteiger partial charge in [0.25, 0.3) is 0 Å². The summed E-state index contributed by atoms with van der Waals surface area (Å²) < 4.78 is 5.20. The van der Waals surface area contributed by atoms with E-state index in [1.54, 1.807) is 7.11 Å². The molecular formula is C13H26N6O. The highest BCUT2D eigenvalue weighted by atomic mass is 16.5. The van der Waals surface area contributed by atoms with Crippen LogP contribution in [-0.2, 0) is 4.74 Å². The van der Waals surface area contributed by atoms with E-state index in [1.807, 2.05) is 0 Å². The summed E-state index contributed by atoms with van der Waals surface area (Å²) in [7, 11) is 1.69. The fourth-order valence-electron chi connectivity index (χ4n) is 2.13. The van der Waals surface area contributed by atoms with Crippen molar-refractivity contribution in [2.45, 2.75) is 33.7 Å². The zero-order valence-corrected chi connectivity index (χ0v) is 13.1. The number of hydrogen-bond donors (Lipinski definition) is 1. The molecule has 0 spiro atoms. The molecule has 1 heterocycles. The minimum absolute atomic E-state index is 0.177. The average Bonchev–Trinajstić information content (AvgIpc) is 2.40. The Morgan fingerprint density at radius 1 is 1.05 bits per heavy atom. The van der Waals surface area contributed by atoms with E-state index in [9.17, 15) is 0 Å². The summed E-state index contributed by atoms with van der Waals surface area (Å²) >= 11 is 0. The van der Waals surface area contributed by atoms with E-state index < -0.39 is 0 Å². The Bertz CT molecular complexity index is 410. The smallest absolute Gasteiger partial charge is 0.232 e. The Morgan fingerprint density at radius 2 is 1.65 bits per heavy atom. The number of nitrogen functional groups attached to an aromatic ring is 1. The Kier molecular flexibility index (Phi) is 6.44. The van der Waals surface area contributed by atoms with Crippen molar-refractivity contribution >= 4 is 17.8 Å². The standard InChI is InChI=1S/C13H26N6O/c1-6-18(7-2)12-15-11(14)16-13(17-12)19(8-3)10(4)9-20-5/h10H,6-9H2,1-5H3,(H2,14,15,16,17). The number of nitrogens with two attached hydrogens (primary N) is 1. The molecule has 0 saturated carbocycles. The summed E-state index contributed by atoms with van der Waals surface area (Å²) in [6.45, 7) is 11.3. The highest BCUT2D eigenvalue weighted by Crippen LogP contribution is 2.17. The second kappa shape index (κ2) is 7.84. The summed E-state index contributed by atoms with van der Waals surface area (Å²) in [6, 6.07) is 0.177. The number of rotatable bonds is 8. The van der Waals surface area contributed by atoms with E-state index in [2.05, 4.69) is 52.4 Å². The van der Waals surface area contributed by atoms with Crippen LogP contribution in [-0.4, -0.2) is 54.3 Å². The zero-order valence-electron chi connectivity index (χ0n) is 13.1. The first-order valence-electron chi connectivity index (χ1n) is 7.09. The van der Waals surface area contributed by atoms with Crippen LogP contribution < -0.4 is 15.5 Å².